The fourth-order valence-electron chi connectivity index (χ4n) is 1.85. The van der Waals surface area contributed by atoms with Crippen LogP contribution in [0.4, 0.5) is 0 Å². The smallest absolute Gasteiger partial charge is 0.144 e. The van der Waals surface area contributed by atoms with Gasteiger partial charge in [0.25, 0.3) is 0 Å². The number of benzene rings is 1. The van der Waals surface area contributed by atoms with E-state index in [1.54, 1.807) is 6.20 Å². The fraction of sp³-hybridized carbons (Fsp3) is 0.267. The van der Waals surface area contributed by atoms with E-state index in [2.05, 4.69) is 4.98 Å². The van der Waals surface area contributed by atoms with Crippen LogP contribution in [0.3, 0.4) is 0 Å². The lowest BCUT2D eigenvalue weighted by molar-refractivity contribution is 0.274. The van der Waals surface area contributed by atoms with Gasteiger partial charge in [0.1, 0.15) is 12.4 Å². The van der Waals surface area contributed by atoms with Crippen LogP contribution >= 0.6 is 12.4 Å². The second-order valence-corrected chi connectivity index (χ2v) is 4.26. The van der Waals surface area contributed by atoms with Gasteiger partial charge in [0.2, 0.25) is 0 Å². The van der Waals surface area contributed by atoms with Gasteiger partial charge in [0.15, 0.2) is 0 Å². The van der Waals surface area contributed by atoms with Crippen molar-refractivity contribution in [1.29, 1.82) is 0 Å². The normalized spacial score (nSPS) is 9.84. The van der Waals surface area contributed by atoms with E-state index in [0.29, 0.717) is 6.61 Å². The van der Waals surface area contributed by atoms with E-state index in [-0.39, 0.29) is 19.0 Å². The number of hydrogen-bond acceptors (Lipinski definition) is 3. The highest BCUT2D eigenvalue weighted by atomic mass is 35.5. The fourth-order valence-corrected chi connectivity index (χ4v) is 1.85. The van der Waals surface area contributed by atoms with E-state index in [1.165, 1.54) is 0 Å². The Labute approximate surface area is 119 Å². The molecule has 0 unspecified atom stereocenters. The first kappa shape index (κ1) is 15.5. The zero-order valence-electron chi connectivity index (χ0n) is 11.1. The molecule has 0 aliphatic rings. The molecular formula is C15H18ClNO2. The first-order valence-corrected chi connectivity index (χ1v) is 5.95. The van der Waals surface area contributed by atoms with E-state index >= 15 is 0 Å². The first-order valence-electron chi connectivity index (χ1n) is 5.95. The van der Waals surface area contributed by atoms with Crippen LogP contribution in [0.5, 0.6) is 5.75 Å². The van der Waals surface area contributed by atoms with Gasteiger partial charge in [-0.15, -0.1) is 12.4 Å². The second kappa shape index (κ2) is 7.12. The summed E-state index contributed by atoms with van der Waals surface area (Å²) >= 11 is 0. The van der Waals surface area contributed by atoms with Gasteiger partial charge in [-0.1, -0.05) is 30.3 Å². The number of rotatable bonds is 4. The SMILES string of the molecule is Cc1ncc(CO)c(C)c1OCc1ccccc1.Cl. The molecule has 0 aliphatic heterocycles. The van der Waals surface area contributed by atoms with Gasteiger partial charge < -0.3 is 9.84 Å². The molecule has 3 nitrogen and oxygen atoms in total. The number of aryl methyl sites for hydroxylation is 1. The Balaban J connectivity index is 0.00000180. The predicted octanol–water partition coefficient (Wildman–Crippen LogP) is 3.19. The minimum absolute atomic E-state index is 0. The molecule has 0 atom stereocenters. The standard InChI is InChI=1S/C15H17NO2.ClH/c1-11-14(9-17)8-16-12(2)15(11)18-10-13-6-4-3-5-7-13;/h3-8,17H,9-10H2,1-2H3;1H. The van der Waals surface area contributed by atoms with Crippen molar-refractivity contribution in [3.8, 4) is 5.75 Å². The molecule has 0 fully saturated rings. The molecule has 0 amide bonds. The Hall–Kier alpha value is -1.58. The van der Waals surface area contributed by atoms with Crippen molar-refractivity contribution in [2.45, 2.75) is 27.1 Å². The van der Waals surface area contributed by atoms with Gasteiger partial charge in [-0.25, -0.2) is 0 Å². The van der Waals surface area contributed by atoms with Crippen LogP contribution in [0, 0.1) is 13.8 Å². The monoisotopic (exact) mass is 279 g/mol. The quantitative estimate of drug-likeness (QED) is 0.935. The summed E-state index contributed by atoms with van der Waals surface area (Å²) in [6.07, 6.45) is 1.69. The maximum Gasteiger partial charge on any atom is 0.144 e. The van der Waals surface area contributed by atoms with Crippen LogP contribution in [0.1, 0.15) is 22.4 Å². The number of aliphatic hydroxyl groups is 1. The molecule has 0 saturated carbocycles. The Morgan fingerprint density at radius 1 is 1.16 bits per heavy atom. The van der Waals surface area contributed by atoms with Gasteiger partial charge in [-0.2, -0.15) is 0 Å². The molecule has 19 heavy (non-hydrogen) atoms. The lowest BCUT2D eigenvalue weighted by Gasteiger charge is -2.13. The molecule has 2 aromatic rings. The molecule has 0 radical (unpaired) electrons. The van der Waals surface area contributed by atoms with Crippen molar-refractivity contribution in [2.24, 2.45) is 0 Å². The molecule has 1 aromatic heterocycles. The number of nitrogens with zero attached hydrogens (tertiary/aromatic N) is 1. The minimum Gasteiger partial charge on any atom is -0.487 e. The van der Waals surface area contributed by atoms with Gasteiger partial charge >= 0.3 is 0 Å². The number of ether oxygens (including phenoxy) is 1. The molecule has 1 heterocycles. The van der Waals surface area contributed by atoms with Crippen LogP contribution in [-0.4, -0.2) is 10.1 Å². The van der Waals surface area contributed by atoms with Gasteiger partial charge in [0.05, 0.1) is 12.3 Å². The van der Waals surface area contributed by atoms with Crippen LogP contribution in [-0.2, 0) is 13.2 Å². The Kier molecular flexibility index (Phi) is 5.80. The van der Waals surface area contributed by atoms with E-state index < -0.39 is 0 Å². The predicted molar refractivity (Wildman–Crippen MR) is 77.7 cm³/mol. The van der Waals surface area contributed by atoms with Crippen LogP contribution in [0.2, 0.25) is 0 Å². The minimum atomic E-state index is -0.0131. The molecule has 102 valence electrons. The summed E-state index contributed by atoms with van der Waals surface area (Å²) in [5.74, 6) is 0.769. The van der Waals surface area contributed by atoms with Crippen molar-refractivity contribution >= 4 is 12.4 Å². The van der Waals surface area contributed by atoms with Crippen molar-refractivity contribution in [3.63, 3.8) is 0 Å². The van der Waals surface area contributed by atoms with Crippen molar-refractivity contribution < 1.29 is 9.84 Å². The molecule has 0 spiro atoms. The largest absolute Gasteiger partial charge is 0.487 e. The summed E-state index contributed by atoms with van der Waals surface area (Å²) in [7, 11) is 0. The van der Waals surface area contributed by atoms with Crippen LogP contribution < -0.4 is 4.74 Å². The van der Waals surface area contributed by atoms with Crippen molar-refractivity contribution in [1.82, 2.24) is 4.98 Å². The Bertz CT molecular complexity index is 529. The van der Waals surface area contributed by atoms with Gasteiger partial charge in [0, 0.05) is 11.8 Å². The van der Waals surface area contributed by atoms with E-state index in [1.807, 2.05) is 44.2 Å². The molecule has 0 saturated heterocycles. The highest BCUT2D eigenvalue weighted by molar-refractivity contribution is 5.85. The molecule has 4 heteroatoms. The van der Waals surface area contributed by atoms with Crippen LogP contribution in [0.15, 0.2) is 36.5 Å². The van der Waals surface area contributed by atoms with Crippen LogP contribution in [0.25, 0.3) is 0 Å². The Morgan fingerprint density at radius 2 is 1.84 bits per heavy atom. The van der Waals surface area contributed by atoms with E-state index in [9.17, 15) is 5.11 Å². The van der Waals surface area contributed by atoms with Crippen molar-refractivity contribution in [3.05, 3.63) is 58.9 Å². The maximum absolute atomic E-state index is 9.22. The number of hydrogen-bond donors (Lipinski definition) is 1. The van der Waals surface area contributed by atoms with Gasteiger partial charge in [-0.3, -0.25) is 4.98 Å². The topological polar surface area (TPSA) is 42.4 Å². The average molecular weight is 280 g/mol. The molecule has 1 N–H and O–H groups in total. The molecule has 1 aromatic carbocycles. The number of halogens is 1. The number of aromatic nitrogens is 1. The summed E-state index contributed by atoms with van der Waals surface area (Å²) in [4.78, 5) is 4.24. The third-order valence-corrected chi connectivity index (χ3v) is 2.96. The van der Waals surface area contributed by atoms with Gasteiger partial charge in [-0.05, 0) is 25.0 Å². The average Bonchev–Trinajstić information content (AvgIpc) is 2.40. The number of aliphatic hydroxyl groups excluding tert-OH is 1. The Morgan fingerprint density at radius 3 is 2.47 bits per heavy atom. The second-order valence-electron chi connectivity index (χ2n) is 4.26. The molecular weight excluding hydrogens is 262 g/mol. The summed E-state index contributed by atoms with van der Waals surface area (Å²) in [5, 5.41) is 9.22. The van der Waals surface area contributed by atoms with E-state index in [4.69, 9.17) is 4.74 Å². The number of pyridine rings is 1. The third kappa shape index (κ3) is 3.69. The molecule has 0 bridgehead atoms. The molecule has 0 aliphatic carbocycles. The zero-order valence-corrected chi connectivity index (χ0v) is 11.9. The summed E-state index contributed by atoms with van der Waals surface area (Å²) in [6.45, 7) is 4.36. The maximum atomic E-state index is 9.22. The highest BCUT2D eigenvalue weighted by Crippen LogP contribution is 2.25. The third-order valence-electron chi connectivity index (χ3n) is 2.96. The van der Waals surface area contributed by atoms with E-state index in [0.717, 1.165) is 28.1 Å². The summed E-state index contributed by atoms with van der Waals surface area (Å²) < 4.78 is 5.82. The lowest BCUT2D eigenvalue weighted by atomic mass is 10.1. The summed E-state index contributed by atoms with van der Waals surface area (Å²) in [5.41, 5.74) is 3.73. The molecule has 2 rings (SSSR count). The zero-order chi connectivity index (χ0) is 13.0. The summed E-state index contributed by atoms with van der Waals surface area (Å²) in [6, 6.07) is 10.00. The first-order chi connectivity index (χ1) is 8.72. The lowest BCUT2D eigenvalue weighted by Crippen LogP contribution is -2.03. The highest BCUT2D eigenvalue weighted by Gasteiger charge is 2.09. The van der Waals surface area contributed by atoms with Crippen molar-refractivity contribution in [2.75, 3.05) is 0 Å².